The third-order valence-corrected chi connectivity index (χ3v) is 8.48. The van der Waals surface area contributed by atoms with E-state index in [1.165, 1.54) is 25.1 Å². The molecule has 8 nitrogen and oxygen atoms in total. The first-order chi connectivity index (χ1) is 19.0. The van der Waals surface area contributed by atoms with Crippen LogP contribution in [0.1, 0.15) is 59.3 Å². The predicted octanol–water partition coefficient (Wildman–Crippen LogP) is 4.73. The number of benzene rings is 3. The van der Waals surface area contributed by atoms with Gasteiger partial charge in [0.2, 0.25) is 0 Å². The fourth-order valence-electron chi connectivity index (χ4n) is 5.00. The molecule has 4 rings (SSSR count). The molecule has 0 unspecified atom stereocenters. The Labute approximate surface area is 234 Å². The van der Waals surface area contributed by atoms with Crippen LogP contribution in [0.4, 0.5) is 13.2 Å². The number of halogens is 3. The van der Waals surface area contributed by atoms with Crippen LogP contribution < -0.4 is 15.2 Å². The number of fused-ring (bicyclic) bond motifs is 2. The molecule has 0 atom stereocenters. The molecule has 0 fully saturated rings. The van der Waals surface area contributed by atoms with Gasteiger partial charge in [0.05, 0.1) is 6.42 Å². The molecule has 41 heavy (non-hydrogen) atoms. The van der Waals surface area contributed by atoms with E-state index in [0.29, 0.717) is 18.1 Å². The van der Waals surface area contributed by atoms with Gasteiger partial charge in [-0.3, -0.25) is 13.9 Å². The minimum Gasteiger partial charge on any atom is -0.453 e. The molecule has 3 aromatic carbocycles. The van der Waals surface area contributed by atoms with Crippen LogP contribution in [0.25, 0.3) is 11.6 Å². The van der Waals surface area contributed by atoms with E-state index in [0.717, 1.165) is 6.07 Å². The van der Waals surface area contributed by atoms with Crippen molar-refractivity contribution in [2.75, 3.05) is 0 Å². The van der Waals surface area contributed by atoms with Gasteiger partial charge in [0, 0.05) is 21.9 Å². The number of carbonyl (C=O) groups is 1. The van der Waals surface area contributed by atoms with E-state index in [4.69, 9.17) is 4.74 Å². The van der Waals surface area contributed by atoms with Gasteiger partial charge in [-0.25, -0.2) is 0 Å². The van der Waals surface area contributed by atoms with Crippen molar-refractivity contribution in [3.8, 4) is 11.5 Å². The third kappa shape index (κ3) is 5.94. The van der Waals surface area contributed by atoms with Gasteiger partial charge >= 0.3 is 6.18 Å². The second-order valence-electron chi connectivity index (χ2n) is 9.54. The van der Waals surface area contributed by atoms with Crippen LogP contribution in [0.3, 0.4) is 0 Å². The standard InChI is InChI=1S/C28H25F3O8S2/c1-4-7-18-15(2)14-22-23(20-9-6-5-8-19(20)16(3)32)21-11-10-17(12-13-28(29,30)31)26(40(33,34)35)24(21)39-25(22)27(18)41(36,37)38/h5-6,8-12,14H,4,7,13H2,1-3H3,(H,33,34,35)(H,36,37,38)/b17-12+. The van der Waals surface area contributed by atoms with Crippen LogP contribution in [-0.4, -0.2) is 37.9 Å². The number of alkyl halides is 3. The number of rotatable bonds is 7. The number of hydrogen-bond donors (Lipinski definition) is 2. The number of ether oxygens (including phenoxy) is 1. The Morgan fingerprint density at radius 1 is 0.951 bits per heavy atom. The summed E-state index contributed by atoms with van der Waals surface area (Å²) >= 11 is 0. The Morgan fingerprint density at radius 3 is 2.15 bits per heavy atom. The minimum absolute atomic E-state index is 0.0353. The average Bonchev–Trinajstić information content (AvgIpc) is 2.84. The van der Waals surface area contributed by atoms with Gasteiger partial charge in [-0.2, -0.15) is 30.0 Å². The molecule has 2 N–H and O–H groups in total. The molecule has 0 amide bonds. The number of carbonyl (C=O) groups excluding carboxylic acids is 1. The molecule has 1 heterocycles. The summed E-state index contributed by atoms with van der Waals surface area (Å²) in [6.07, 6.45) is -5.07. The van der Waals surface area contributed by atoms with Crippen LogP contribution in [0, 0.1) is 6.92 Å². The topological polar surface area (TPSA) is 135 Å². The van der Waals surface area contributed by atoms with Gasteiger partial charge in [-0.15, -0.1) is 0 Å². The summed E-state index contributed by atoms with van der Waals surface area (Å²) < 4.78 is 116. The minimum atomic E-state index is -5.27. The van der Waals surface area contributed by atoms with E-state index in [-0.39, 0.29) is 45.2 Å². The van der Waals surface area contributed by atoms with Gasteiger partial charge in [0.15, 0.2) is 17.3 Å². The quantitative estimate of drug-likeness (QED) is 0.227. The SMILES string of the molecule is CCCc1c(C)cc2c(c1S(=O)(=O)O)Oc1c(S(=O)(=O)O)/c(=C/CC(F)(F)F)ccc1=C2c1ccccc1C(C)=O. The summed E-state index contributed by atoms with van der Waals surface area (Å²) in [4.78, 5) is 10.9. The summed E-state index contributed by atoms with van der Waals surface area (Å²) in [7, 11) is -10.3. The van der Waals surface area contributed by atoms with Crippen LogP contribution >= 0.6 is 0 Å². The van der Waals surface area contributed by atoms with Crippen molar-refractivity contribution in [1.29, 1.82) is 0 Å². The zero-order valence-electron chi connectivity index (χ0n) is 22.0. The van der Waals surface area contributed by atoms with Gasteiger partial charge < -0.3 is 4.74 Å². The normalized spacial score (nSPS) is 14.0. The fourth-order valence-corrected chi connectivity index (χ4v) is 6.80. The van der Waals surface area contributed by atoms with Crippen molar-refractivity contribution in [3.63, 3.8) is 0 Å². The molecule has 1 aliphatic heterocycles. The van der Waals surface area contributed by atoms with Crippen LogP contribution in [0.5, 0.6) is 11.5 Å². The predicted molar refractivity (Wildman–Crippen MR) is 144 cm³/mol. The first kappa shape index (κ1) is 30.4. The van der Waals surface area contributed by atoms with Crippen LogP contribution in [0.15, 0.2) is 52.3 Å². The van der Waals surface area contributed by atoms with Crippen molar-refractivity contribution >= 4 is 37.7 Å². The van der Waals surface area contributed by atoms with Gasteiger partial charge in [-0.05, 0) is 54.3 Å². The Morgan fingerprint density at radius 2 is 1.59 bits per heavy atom. The van der Waals surface area contributed by atoms with Crippen molar-refractivity contribution in [2.45, 2.75) is 56.0 Å². The highest BCUT2D eigenvalue weighted by Gasteiger charge is 2.35. The number of aryl methyl sites for hydroxylation is 1. The lowest BCUT2D eigenvalue weighted by molar-refractivity contribution is -0.122. The van der Waals surface area contributed by atoms with E-state index in [9.17, 15) is 43.9 Å². The number of Topliss-reactive ketones (excluding diaryl/α,β-unsaturated/α-hetero) is 1. The zero-order valence-corrected chi connectivity index (χ0v) is 23.7. The van der Waals surface area contributed by atoms with Crippen LogP contribution in [-0.2, 0) is 26.7 Å². The number of hydrogen-bond acceptors (Lipinski definition) is 6. The molecule has 1 aliphatic rings. The van der Waals surface area contributed by atoms with E-state index < -0.39 is 59.3 Å². The highest BCUT2D eigenvalue weighted by atomic mass is 32.2. The Bertz CT molecular complexity index is 1930. The third-order valence-electron chi connectivity index (χ3n) is 6.59. The fraction of sp³-hybridized carbons (Fsp3) is 0.250. The lowest BCUT2D eigenvalue weighted by Crippen LogP contribution is -2.28. The molecule has 0 saturated heterocycles. The maximum absolute atomic E-state index is 13.0. The summed E-state index contributed by atoms with van der Waals surface area (Å²) in [6.45, 7) is 4.67. The largest absolute Gasteiger partial charge is 0.453 e. The maximum Gasteiger partial charge on any atom is 0.392 e. The van der Waals surface area contributed by atoms with Crippen molar-refractivity contribution in [3.05, 3.63) is 80.7 Å². The summed E-state index contributed by atoms with van der Waals surface area (Å²) in [6, 6.07) is 10.1. The van der Waals surface area contributed by atoms with Crippen molar-refractivity contribution in [1.82, 2.24) is 0 Å². The highest BCUT2D eigenvalue weighted by Crippen LogP contribution is 2.45. The second kappa shape index (κ2) is 10.7. The van der Waals surface area contributed by atoms with E-state index >= 15 is 0 Å². The summed E-state index contributed by atoms with van der Waals surface area (Å²) in [5, 5.41) is -0.576. The van der Waals surface area contributed by atoms with E-state index in [1.54, 1.807) is 32.0 Å². The molecular formula is C28H25F3O8S2. The Hall–Kier alpha value is -3.52. The molecule has 0 radical (unpaired) electrons. The molecule has 3 aromatic rings. The zero-order chi connectivity index (χ0) is 30.5. The van der Waals surface area contributed by atoms with Crippen molar-refractivity contribution < 1.29 is 48.6 Å². The molecule has 0 aliphatic carbocycles. The molecule has 0 saturated carbocycles. The van der Waals surface area contributed by atoms with Crippen molar-refractivity contribution in [2.24, 2.45) is 0 Å². The maximum atomic E-state index is 13.0. The van der Waals surface area contributed by atoms with Gasteiger partial charge in [0.1, 0.15) is 9.79 Å². The Balaban J connectivity index is 2.33. The molecule has 0 aromatic heterocycles. The molecule has 0 spiro atoms. The highest BCUT2D eigenvalue weighted by molar-refractivity contribution is 7.86. The smallest absolute Gasteiger partial charge is 0.392 e. The summed E-state index contributed by atoms with van der Waals surface area (Å²) in [5.74, 6) is -1.53. The second-order valence-corrected chi connectivity index (χ2v) is 12.3. The van der Waals surface area contributed by atoms with E-state index in [1.807, 2.05) is 0 Å². The monoisotopic (exact) mass is 610 g/mol. The molecule has 0 bridgehead atoms. The first-order valence-electron chi connectivity index (χ1n) is 12.3. The average molecular weight is 611 g/mol. The molecule has 218 valence electrons. The van der Waals surface area contributed by atoms with Gasteiger partial charge in [-0.1, -0.05) is 49.8 Å². The number of ketones is 1. The van der Waals surface area contributed by atoms with Crippen LogP contribution in [0.2, 0.25) is 0 Å². The first-order valence-corrected chi connectivity index (χ1v) is 15.2. The van der Waals surface area contributed by atoms with E-state index in [2.05, 4.69) is 0 Å². The molecular weight excluding hydrogens is 585 g/mol. The Kier molecular flexibility index (Phi) is 7.95. The lowest BCUT2D eigenvalue weighted by atomic mass is 9.86. The molecule has 13 heteroatoms. The summed E-state index contributed by atoms with van der Waals surface area (Å²) in [5.41, 5.74) is 1.26. The lowest BCUT2D eigenvalue weighted by Gasteiger charge is -2.27. The van der Waals surface area contributed by atoms with Gasteiger partial charge in [0.25, 0.3) is 20.2 Å².